The maximum absolute atomic E-state index is 12.5. The summed E-state index contributed by atoms with van der Waals surface area (Å²) < 4.78 is 6.19. The fourth-order valence-electron chi connectivity index (χ4n) is 2.84. The molecule has 132 valence electrons. The molecule has 1 aliphatic carbocycles. The molecule has 1 aromatic heterocycles. The van der Waals surface area contributed by atoms with Crippen LogP contribution in [0.15, 0.2) is 22.8 Å². The minimum absolute atomic E-state index is 0.437. The highest BCUT2D eigenvalue weighted by Crippen LogP contribution is 2.47. The number of hydrogen-bond donors (Lipinski definition) is 0. The van der Waals surface area contributed by atoms with Gasteiger partial charge in [0.1, 0.15) is 5.60 Å². The van der Waals surface area contributed by atoms with Crippen LogP contribution in [0.2, 0.25) is 10.0 Å². The van der Waals surface area contributed by atoms with Crippen molar-refractivity contribution in [3.05, 3.63) is 44.1 Å². The zero-order chi connectivity index (χ0) is 18.5. The highest BCUT2D eigenvalue weighted by molar-refractivity contribution is 9.10. The molecule has 1 heterocycles. The van der Waals surface area contributed by atoms with Crippen LogP contribution >= 0.6 is 39.1 Å². The van der Waals surface area contributed by atoms with Crippen LogP contribution in [-0.4, -0.2) is 23.7 Å². The fraction of sp³-hybridized carbons (Fsp3) is 0.333. The second kappa shape index (κ2) is 6.45. The van der Waals surface area contributed by atoms with Crippen LogP contribution in [0.1, 0.15) is 32.0 Å². The predicted octanol–water partition coefficient (Wildman–Crippen LogP) is 6.09. The Labute approximate surface area is 165 Å². The van der Waals surface area contributed by atoms with E-state index in [1.807, 2.05) is 26.8 Å². The summed E-state index contributed by atoms with van der Waals surface area (Å²) in [7, 11) is 1.67. The summed E-state index contributed by atoms with van der Waals surface area (Å²) in [6, 6.07) is 3.62. The molecule has 25 heavy (non-hydrogen) atoms. The number of fused-ring (bicyclic) bond motifs is 3. The van der Waals surface area contributed by atoms with Crippen LogP contribution in [0.4, 0.5) is 10.5 Å². The van der Waals surface area contributed by atoms with E-state index >= 15 is 0 Å². The van der Waals surface area contributed by atoms with Crippen LogP contribution in [0, 0.1) is 0 Å². The number of benzene rings is 1. The third-order valence-electron chi connectivity index (χ3n) is 3.88. The number of amides is 1. The number of anilines is 1. The van der Waals surface area contributed by atoms with Crippen LogP contribution in [0.25, 0.3) is 11.1 Å². The number of carbonyl (C=O) groups is 1. The van der Waals surface area contributed by atoms with E-state index in [2.05, 4.69) is 20.9 Å². The van der Waals surface area contributed by atoms with Gasteiger partial charge in [-0.05, 0) is 60.0 Å². The Hall–Kier alpha value is -1.30. The average molecular weight is 444 g/mol. The van der Waals surface area contributed by atoms with Gasteiger partial charge >= 0.3 is 6.09 Å². The molecule has 0 aliphatic heterocycles. The Morgan fingerprint density at radius 2 is 2.00 bits per heavy atom. The molecule has 0 bridgehead atoms. The maximum Gasteiger partial charge on any atom is 0.414 e. The molecule has 1 amide bonds. The normalized spacial score (nSPS) is 12.6. The first-order valence-corrected chi connectivity index (χ1v) is 9.25. The first-order chi connectivity index (χ1) is 11.6. The van der Waals surface area contributed by atoms with E-state index in [-0.39, 0.29) is 0 Å². The number of halogens is 3. The lowest BCUT2D eigenvalue weighted by molar-refractivity contribution is 0.0589. The highest BCUT2D eigenvalue weighted by Gasteiger charge is 2.30. The van der Waals surface area contributed by atoms with Crippen molar-refractivity contribution >= 4 is 50.9 Å². The lowest BCUT2D eigenvalue weighted by Gasteiger charge is -2.26. The number of aromatic nitrogens is 1. The summed E-state index contributed by atoms with van der Waals surface area (Å²) in [4.78, 5) is 18.4. The van der Waals surface area contributed by atoms with E-state index in [1.54, 1.807) is 19.3 Å². The minimum Gasteiger partial charge on any atom is -0.443 e. The molecule has 7 heteroatoms. The van der Waals surface area contributed by atoms with Crippen LogP contribution in [-0.2, 0) is 11.2 Å². The third kappa shape index (κ3) is 3.50. The lowest BCUT2D eigenvalue weighted by atomic mass is 10.0. The summed E-state index contributed by atoms with van der Waals surface area (Å²) >= 11 is 16.2. The van der Waals surface area contributed by atoms with E-state index in [9.17, 15) is 4.79 Å². The van der Waals surface area contributed by atoms with E-state index in [1.165, 1.54) is 4.90 Å². The van der Waals surface area contributed by atoms with E-state index < -0.39 is 11.7 Å². The van der Waals surface area contributed by atoms with Crippen molar-refractivity contribution < 1.29 is 9.53 Å². The standard InChI is InChI=1S/C18H17BrCl2N2O2/c1-18(2,3)25-17(24)23(4)14-6-9(20)5-11-10(14)7-13-15(11)16(21)12(19)8-22-13/h5-6,8H,7H2,1-4H3. The Morgan fingerprint density at radius 3 is 2.64 bits per heavy atom. The lowest BCUT2D eigenvalue weighted by Crippen LogP contribution is -2.34. The van der Waals surface area contributed by atoms with Gasteiger partial charge in [-0.3, -0.25) is 9.88 Å². The smallest absolute Gasteiger partial charge is 0.414 e. The van der Waals surface area contributed by atoms with Gasteiger partial charge in [-0.25, -0.2) is 4.79 Å². The van der Waals surface area contributed by atoms with Crippen molar-refractivity contribution in [3.8, 4) is 11.1 Å². The Kier molecular flexibility index (Phi) is 4.77. The average Bonchev–Trinajstić information content (AvgIpc) is 2.86. The molecule has 0 spiro atoms. The second-order valence-electron chi connectivity index (χ2n) is 6.91. The first kappa shape index (κ1) is 18.5. The summed E-state index contributed by atoms with van der Waals surface area (Å²) in [5, 5.41) is 1.12. The van der Waals surface area contributed by atoms with E-state index in [0.29, 0.717) is 22.2 Å². The predicted molar refractivity (Wildman–Crippen MR) is 105 cm³/mol. The van der Waals surface area contributed by atoms with Crippen LogP contribution in [0.5, 0.6) is 0 Å². The van der Waals surface area contributed by atoms with Crippen molar-refractivity contribution in [1.82, 2.24) is 4.98 Å². The zero-order valence-electron chi connectivity index (χ0n) is 14.3. The van der Waals surface area contributed by atoms with Gasteiger partial charge in [0, 0.05) is 30.3 Å². The van der Waals surface area contributed by atoms with Gasteiger partial charge < -0.3 is 4.74 Å². The molecule has 1 aliphatic rings. The topological polar surface area (TPSA) is 42.4 Å². The molecule has 4 nitrogen and oxygen atoms in total. The number of rotatable bonds is 1. The van der Waals surface area contributed by atoms with Gasteiger partial charge in [0.05, 0.1) is 20.9 Å². The van der Waals surface area contributed by atoms with Gasteiger partial charge in [-0.1, -0.05) is 23.2 Å². The third-order valence-corrected chi connectivity index (χ3v) is 5.33. The van der Waals surface area contributed by atoms with E-state index in [4.69, 9.17) is 27.9 Å². The molecular weight excluding hydrogens is 427 g/mol. The highest BCUT2D eigenvalue weighted by atomic mass is 79.9. The maximum atomic E-state index is 12.5. The molecule has 0 unspecified atom stereocenters. The zero-order valence-corrected chi connectivity index (χ0v) is 17.4. The number of hydrogen-bond acceptors (Lipinski definition) is 3. The van der Waals surface area contributed by atoms with Gasteiger partial charge in [0.25, 0.3) is 0 Å². The summed E-state index contributed by atoms with van der Waals surface area (Å²) in [6.07, 6.45) is 1.83. The van der Waals surface area contributed by atoms with Gasteiger partial charge in [-0.15, -0.1) is 0 Å². The van der Waals surface area contributed by atoms with Crippen molar-refractivity contribution in [2.45, 2.75) is 32.8 Å². The minimum atomic E-state index is -0.578. The summed E-state index contributed by atoms with van der Waals surface area (Å²) in [6.45, 7) is 5.49. The van der Waals surface area contributed by atoms with Crippen LogP contribution in [0.3, 0.4) is 0 Å². The molecule has 2 aromatic rings. The van der Waals surface area contributed by atoms with E-state index in [0.717, 1.165) is 26.9 Å². The van der Waals surface area contributed by atoms with Gasteiger partial charge in [-0.2, -0.15) is 0 Å². The van der Waals surface area contributed by atoms with Crippen LogP contribution < -0.4 is 4.90 Å². The number of nitrogens with zero attached hydrogens (tertiary/aromatic N) is 2. The second-order valence-corrected chi connectivity index (χ2v) is 8.58. The van der Waals surface area contributed by atoms with Crippen molar-refractivity contribution in [1.29, 1.82) is 0 Å². The Bertz CT molecular complexity index is 878. The molecule has 0 atom stereocenters. The molecule has 1 aromatic carbocycles. The first-order valence-electron chi connectivity index (χ1n) is 7.71. The molecule has 0 saturated carbocycles. The van der Waals surface area contributed by atoms with Gasteiger partial charge in [0.2, 0.25) is 0 Å². The monoisotopic (exact) mass is 442 g/mol. The molecule has 0 fully saturated rings. The van der Waals surface area contributed by atoms with Crippen molar-refractivity contribution in [3.63, 3.8) is 0 Å². The molecule has 0 saturated heterocycles. The van der Waals surface area contributed by atoms with Crippen molar-refractivity contribution in [2.75, 3.05) is 11.9 Å². The Balaban J connectivity index is 2.09. The molecule has 0 radical (unpaired) electrons. The Morgan fingerprint density at radius 1 is 1.32 bits per heavy atom. The van der Waals surface area contributed by atoms with Gasteiger partial charge in [0.15, 0.2) is 0 Å². The molecule has 0 N–H and O–H groups in total. The number of ether oxygens (including phenoxy) is 1. The fourth-order valence-corrected chi connectivity index (χ4v) is 3.61. The van der Waals surface area contributed by atoms with Crippen molar-refractivity contribution in [2.24, 2.45) is 0 Å². The summed E-state index contributed by atoms with van der Waals surface area (Å²) in [5.41, 5.74) is 3.69. The molecule has 3 rings (SSSR count). The summed E-state index contributed by atoms with van der Waals surface area (Å²) in [5.74, 6) is 0. The quantitative estimate of drug-likeness (QED) is 0.456. The number of carbonyl (C=O) groups excluding carboxylic acids is 1. The molecular formula is C18H17BrCl2N2O2. The largest absolute Gasteiger partial charge is 0.443 e. The SMILES string of the molecule is CN(C(=O)OC(C)(C)C)c1cc(Cl)cc2c1Cc1ncc(Br)c(Cl)c1-2. The number of pyridine rings is 1.